The molecule has 3 nitrogen and oxygen atoms in total. The van der Waals surface area contributed by atoms with E-state index in [1.165, 1.54) is 19.4 Å². The van der Waals surface area contributed by atoms with Crippen LogP contribution in [0.5, 0.6) is 0 Å². The number of nitrogens with one attached hydrogen (secondary N) is 1. The lowest BCUT2D eigenvalue weighted by Crippen LogP contribution is -2.42. The molecule has 2 atom stereocenters. The van der Waals surface area contributed by atoms with Crippen molar-refractivity contribution in [2.24, 2.45) is 11.8 Å². The van der Waals surface area contributed by atoms with Crippen LogP contribution in [-0.2, 0) is 4.74 Å². The van der Waals surface area contributed by atoms with Crippen molar-refractivity contribution >= 4 is 0 Å². The van der Waals surface area contributed by atoms with E-state index in [0.717, 1.165) is 38.1 Å². The molecule has 0 spiro atoms. The Morgan fingerprint density at radius 3 is 2.65 bits per heavy atom. The van der Waals surface area contributed by atoms with Crippen molar-refractivity contribution in [3.63, 3.8) is 0 Å². The first kappa shape index (κ1) is 14.9. The van der Waals surface area contributed by atoms with Gasteiger partial charge in [-0.1, -0.05) is 13.8 Å². The van der Waals surface area contributed by atoms with Crippen LogP contribution in [0.25, 0.3) is 0 Å². The molecule has 0 bridgehead atoms. The van der Waals surface area contributed by atoms with Gasteiger partial charge in [0.2, 0.25) is 0 Å². The first-order valence-corrected chi connectivity index (χ1v) is 7.08. The highest BCUT2D eigenvalue weighted by Crippen LogP contribution is 2.15. The van der Waals surface area contributed by atoms with E-state index in [9.17, 15) is 0 Å². The van der Waals surface area contributed by atoms with E-state index in [2.05, 4.69) is 38.0 Å². The lowest BCUT2D eigenvalue weighted by molar-refractivity contribution is 0.0373. The third-order valence-electron chi connectivity index (χ3n) is 3.55. The number of rotatable bonds is 7. The monoisotopic (exact) mass is 242 g/mol. The number of likely N-dealkylation sites (N-methyl/N-ethyl adjacent to an activating group) is 1. The van der Waals surface area contributed by atoms with E-state index < -0.39 is 0 Å². The van der Waals surface area contributed by atoms with E-state index in [0.29, 0.717) is 6.04 Å². The van der Waals surface area contributed by atoms with Crippen molar-refractivity contribution in [2.45, 2.75) is 39.7 Å². The minimum Gasteiger partial charge on any atom is -0.381 e. The summed E-state index contributed by atoms with van der Waals surface area (Å²) in [6, 6.07) is 0.607. The first-order valence-electron chi connectivity index (χ1n) is 7.08. The topological polar surface area (TPSA) is 24.5 Å². The molecule has 1 aliphatic heterocycles. The highest BCUT2D eigenvalue weighted by Gasteiger charge is 2.18. The third-order valence-corrected chi connectivity index (χ3v) is 3.55. The largest absolute Gasteiger partial charge is 0.381 e. The summed E-state index contributed by atoms with van der Waals surface area (Å²) in [6.45, 7) is 12.1. The van der Waals surface area contributed by atoms with E-state index in [1.54, 1.807) is 0 Å². The molecule has 1 saturated heterocycles. The molecule has 1 heterocycles. The maximum Gasteiger partial charge on any atom is 0.0506 e. The normalized spacial score (nSPS) is 23.3. The van der Waals surface area contributed by atoms with E-state index in [4.69, 9.17) is 4.74 Å². The smallest absolute Gasteiger partial charge is 0.0506 e. The van der Waals surface area contributed by atoms with Crippen LogP contribution in [0.15, 0.2) is 0 Å². The zero-order chi connectivity index (χ0) is 12.7. The predicted octanol–water partition coefficient (Wildman–Crippen LogP) is 1.98. The molecule has 1 fully saturated rings. The predicted molar refractivity (Wildman–Crippen MR) is 73.3 cm³/mol. The van der Waals surface area contributed by atoms with Gasteiger partial charge in [-0.3, -0.25) is 0 Å². The molecule has 0 radical (unpaired) electrons. The molecule has 1 N–H and O–H groups in total. The van der Waals surface area contributed by atoms with Crippen molar-refractivity contribution in [1.29, 1.82) is 0 Å². The molecule has 2 unspecified atom stereocenters. The maximum atomic E-state index is 5.53. The molecule has 0 aromatic heterocycles. The Kier molecular flexibility index (Phi) is 7.09. The summed E-state index contributed by atoms with van der Waals surface area (Å²) in [7, 11) is 2.23. The van der Waals surface area contributed by atoms with Crippen molar-refractivity contribution in [3.8, 4) is 0 Å². The molecule has 0 aliphatic carbocycles. The number of ether oxygens (including phenoxy) is 1. The molecule has 1 rings (SSSR count). The summed E-state index contributed by atoms with van der Waals surface area (Å²) < 4.78 is 5.53. The van der Waals surface area contributed by atoms with Gasteiger partial charge in [0.1, 0.15) is 0 Å². The third kappa shape index (κ3) is 6.39. The fraction of sp³-hybridized carbons (Fsp3) is 1.00. The molecule has 0 aromatic carbocycles. The first-order chi connectivity index (χ1) is 8.09. The average molecular weight is 242 g/mol. The quantitative estimate of drug-likeness (QED) is 0.739. The van der Waals surface area contributed by atoms with Crippen LogP contribution in [0.2, 0.25) is 0 Å². The van der Waals surface area contributed by atoms with Crippen LogP contribution in [0.3, 0.4) is 0 Å². The number of nitrogens with zero attached hydrogens (tertiary/aromatic N) is 1. The van der Waals surface area contributed by atoms with Crippen molar-refractivity contribution in [2.75, 3.05) is 39.9 Å². The SMILES string of the molecule is CC(C)CNCC(C)N(C)CC1CCCOC1. The van der Waals surface area contributed by atoms with Gasteiger partial charge in [-0.25, -0.2) is 0 Å². The summed E-state index contributed by atoms with van der Waals surface area (Å²) >= 11 is 0. The van der Waals surface area contributed by atoms with Gasteiger partial charge in [-0.2, -0.15) is 0 Å². The summed E-state index contributed by atoms with van der Waals surface area (Å²) in [5.74, 6) is 1.47. The van der Waals surface area contributed by atoms with Crippen molar-refractivity contribution < 1.29 is 4.74 Å². The Morgan fingerprint density at radius 1 is 1.29 bits per heavy atom. The Morgan fingerprint density at radius 2 is 2.06 bits per heavy atom. The summed E-state index contributed by atoms with van der Waals surface area (Å²) in [5, 5.41) is 3.53. The highest BCUT2D eigenvalue weighted by atomic mass is 16.5. The zero-order valence-electron chi connectivity index (χ0n) is 12.0. The van der Waals surface area contributed by atoms with Crippen LogP contribution in [-0.4, -0.2) is 50.8 Å². The second-order valence-electron chi connectivity index (χ2n) is 5.92. The van der Waals surface area contributed by atoms with Gasteiger partial charge in [0.15, 0.2) is 0 Å². The summed E-state index contributed by atoms with van der Waals surface area (Å²) in [5.41, 5.74) is 0. The molecular formula is C14H30N2O. The summed E-state index contributed by atoms with van der Waals surface area (Å²) in [6.07, 6.45) is 2.56. The fourth-order valence-electron chi connectivity index (χ4n) is 2.28. The number of hydrogen-bond acceptors (Lipinski definition) is 3. The Labute approximate surface area is 107 Å². The highest BCUT2D eigenvalue weighted by molar-refractivity contribution is 4.72. The Balaban J connectivity index is 2.14. The maximum absolute atomic E-state index is 5.53. The van der Waals surface area contributed by atoms with Gasteiger partial charge < -0.3 is 15.0 Å². The molecule has 1 aliphatic rings. The second-order valence-corrected chi connectivity index (χ2v) is 5.92. The van der Waals surface area contributed by atoms with Gasteiger partial charge in [-0.15, -0.1) is 0 Å². The molecule has 17 heavy (non-hydrogen) atoms. The lowest BCUT2D eigenvalue weighted by Gasteiger charge is -2.31. The van der Waals surface area contributed by atoms with Crippen LogP contribution < -0.4 is 5.32 Å². The molecule has 102 valence electrons. The van der Waals surface area contributed by atoms with E-state index >= 15 is 0 Å². The van der Waals surface area contributed by atoms with Crippen LogP contribution in [0.4, 0.5) is 0 Å². The van der Waals surface area contributed by atoms with E-state index in [1.807, 2.05) is 0 Å². The van der Waals surface area contributed by atoms with Crippen molar-refractivity contribution in [1.82, 2.24) is 10.2 Å². The minimum absolute atomic E-state index is 0.607. The average Bonchev–Trinajstić information content (AvgIpc) is 2.29. The minimum atomic E-state index is 0.607. The van der Waals surface area contributed by atoms with E-state index in [-0.39, 0.29) is 0 Å². The van der Waals surface area contributed by atoms with Gasteiger partial charge in [0.05, 0.1) is 6.61 Å². The van der Waals surface area contributed by atoms with Gasteiger partial charge in [0, 0.05) is 25.7 Å². The molecule has 0 aromatic rings. The van der Waals surface area contributed by atoms with Gasteiger partial charge in [0.25, 0.3) is 0 Å². The molecule has 0 saturated carbocycles. The lowest BCUT2D eigenvalue weighted by atomic mass is 10.0. The fourth-order valence-corrected chi connectivity index (χ4v) is 2.28. The number of hydrogen-bond donors (Lipinski definition) is 1. The van der Waals surface area contributed by atoms with Gasteiger partial charge >= 0.3 is 0 Å². The molecular weight excluding hydrogens is 212 g/mol. The van der Waals surface area contributed by atoms with Gasteiger partial charge in [-0.05, 0) is 45.2 Å². The van der Waals surface area contributed by atoms with Crippen LogP contribution in [0, 0.1) is 11.8 Å². The summed E-state index contributed by atoms with van der Waals surface area (Å²) in [4.78, 5) is 2.46. The second kappa shape index (κ2) is 8.06. The standard InChI is InChI=1S/C14H30N2O/c1-12(2)8-15-9-13(3)16(4)10-14-6-5-7-17-11-14/h12-15H,5-11H2,1-4H3. The van der Waals surface area contributed by atoms with Crippen LogP contribution >= 0.6 is 0 Å². The Hall–Kier alpha value is -0.120. The van der Waals surface area contributed by atoms with Crippen LogP contribution in [0.1, 0.15) is 33.6 Å². The Bertz CT molecular complexity index is 191. The zero-order valence-corrected chi connectivity index (χ0v) is 12.0. The van der Waals surface area contributed by atoms with Crippen molar-refractivity contribution in [3.05, 3.63) is 0 Å². The molecule has 0 amide bonds. The molecule has 3 heteroatoms.